The number of carboxylic acid groups (broad SMARTS) is 1. The van der Waals surface area contributed by atoms with Crippen LogP contribution in [0.2, 0.25) is 0 Å². The first-order valence-corrected chi connectivity index (χ1v) is 6.68. The molecule has 1 fully saturated rings. The lowest BCUT2D eigenvalue weighted by Gasteiger charge is -2.27. The van der Waals surface area contributed by atoms with E-state index in [1.165, 1.54) is 6.33 Å². The molecule has 110 valence electrons. The number of hydrogen-bond acceptors (Lipinski definition) is 5. The van der Waals surface area contributed by atoms with E-state index in [1.807, 2.05) is 0 Å². The molecule has 8 heteroatoms. The minimum atomic E-state index is -0.784. The Labute approximate surface area is 115 Å². The van der Waals surface area contributed by atoms with Crippen LogP contribution in [-0.4, -0.2) is 39.8 Å². The van der Waals surface area contributed by atoms with E-state index in [2.05, 4.69) is 20.8 Å². The second-order valence-corrected chi connectivity index (χ2v) is 4.88. The van der Waals surface area contributed by atoms with Gasteiger partial charge in [0.2, 0.25) is 5.89 Å². The van der Waals surface area contributed by atoms with Crippen molar-refractivity contribution >= 4 is 12.0 Å². The fourth-order valence-corrected chi connectivity index (χ4v) is 2.37. The predicted molar refractivity (Wildman–Crippen MR) is 67.9 cm³/mol. The SMILES string of the molecule is O=C(NCCc1ncno1)NC1CCCC(C(=O)O)C1. The first-order valence-electron chi connectivity index (χ1n) is 6.68. The van der Waals surface area contributed by atoms with E-state index in [1.54, 1.807) is 0 Å². The minimum Gasteiger partial charge on any atom is -0.481 e. The Balaban J connectivity index is 1.67. The van der Waals surface area contributed by atoms with Crippen molar-refractivity contribution in [2.75, 3.05) is 6.54 Å². The summed E-state index contributed by atoms with van der Waals surface area (Å²) in [4.78, 5) is 26.5. The summed E-state index contributed by atoms with van der Waals surface area (Å²) < 4.78 is 4.81. The molecule has 1 heterocycles. The van der Waals surface area contributed by atoms with Crippen LogP contribution in [0.15, 0.2) is 10.9 Å². The van der Waals surface area contributed by atoms with Crippen LogP contribution in [0.5, 0.6) is 0 Å². The van der Waals surface area contributed by atoms with Gasteiger partial charge in [-0.05, 0) is 19.3 Å². The molecule has 2 atom stereocenters. The number of hydrogen-bond donors (Lipinski definition) is 3. The largest absolute Gasteiger partial charge is 0.481 e. The molecule has 2 rings (SSSR count). The van der Waals surface area contributed by atoms with Crippen molar-refractivity contribution in [1.82, 2.24) is 20.8 Å². The van der Waals surface area contributed by atoms with Crippen molar-refractivity contribution in [2.45, 2.75) is 38.1 Å². The van der Waals surface area contributed by atoms with Gasteiger partial charge in [0.25, 0.3) is 0 Å². The third-order valence-electron chi connectivity index (χ3n) is 3.39. The maximum atomic E-state index is 11.7. The number of aliphatic carboxylic acids is 1. The van der Waals surface area contributed by atoms with Crippen LogP contribution < -0.4 is 10.6 Å². The highest BCUT2D eigenvalue weighted by Crippen LogP contribution is 2.24. The molecule has 8 nitrogen and oxygen atoms in total. The van der Waals surface area contributed by atoms with Crippen LogP contribution in [-0.2, 0) is 11.2 Å². The number of rotatable bonds is 5. The number of carbonyl (C=O) groups is 2. The van der Waals surface area contributed by atoms with Gasteiger partial charge in [0.1, 0.15) is 0 Å². The Morgan fingerprint density at radius 3 is 3.00 bits per heavy atom. The van der Waals surface area contributed by atoms with Crippen LogP contribution in [0.3, 0.4) is 0 Å². The number of carbonyl (C=O) groups excluding carboxylic acids is 1. The van der Waals surface area contributed by atoms with E-state index in [9.17, 15) is 9.59 Å². The maximum Gasteiger partial charge on any atom is 0.315 e. The Bertz CT molecular complexity index is 448. The molecule has 0 saturated heterocycles. The van der Waals surface area contributed by atoms with Crippen molar-refractivity contribution in [3.05, 3.63) is 12.2 Å². The lowest BCUT2D eigenvalue weighted by atomic mass is 9.86. The Morgan fingerprint density at radius 2 is 2.30 bits per heavy atom. The Kier molecular flexibility index (Phi) is 4.91. The monoisotopic (exact) mass is 282 g/mol. The summed E-state index contributed by atoms with van der Waals surface area (Å²) in [6.07, 6.45) is 4.60. The Hall–Kier alpha value is -2.12. The van der Waals surface area contributed by atoms with Crippen LogP contribution in [0.4, 0.5) is 4.79 Å². The third kappa shape index (κ3) is 4.22. The molecular formula is C12H18N4O4. The number of nitrogens with one attached hydrogen (secondary N) is 2. The molecule has 0 bridgehead atoms. The summed E-state index contributed by atoms with van der Waals surface area (Å²) >= 11 is 0. The van der Waals surface area contributed by atoms with Gasteiger partial charge in [-0.2, -0.15) is 4.98 Å². The van der Waals surface area contributed by atoms with Crippen LogP contribution >= 0.6 is 0 Å². The van der Waals surface area contributed by atoms with Gasteiger partial charge < -0.3 is 20.3 Å². The lowest BCUT2D eigenvalue weighted by molar-refractivity contribution is -0.143. The fourth-order valence-electron chi connectivity index (χ4n) is 2.37. The van der Waals surface area contributed by atoms with Gasteiger partial charge in [-0.3, -0.25) is 4.79 Å². The van der Waals surface area contributed by atoms with Gasteiger partial charge >= 0.3 is 12.0 Å². The van der Waals surface area contributed by atoms with E-state index in [0.29, 0.717) is 31.7 Å². The minimum absolute atomic E-state index is 0.0757. The van der Waals surface area contributed by atoms with Gasteiger partial charge in [0.05, 0.1) is 5.92 Å². The molecule has 0 radical (unpaired) electrons. The van der Waals surface area contributed by atoms with Crippen molar-refractivity contribution in [1.29, 1.82) is 0 Å². The first kappa shape index (κ1) is 14.3. The smallest absolute Gasteiger partial charge is 0.315 e. The molecule has 1 aliphatic carbocycles. The third-order valence-corrected chi connectivity index (χ3v) is 3.39. The average Bonchev–Trinajstić information content (AvgIpc) is 2.92. The highest BCUT2D eigenvalue weighted by Gasteiger charge is 2.27. The van der Waals surface area contributed by atoms with E-state index in [-0.39, 0.29) is 18.0 Å². The molecule has 1 aromatic rings. The van der Waals surface area contributed by atoms with Crippen molar-refractivity contribution in [2.24, 2.45) is 5.92 Å². The first-order chi connectivity index (χ1) is 9.65. The molecule has 0 spiro atoms. The zero-order valence-corrected chi connectivity index (χ0v) is 11.0. The topological polar surface area (TPSA) is 117 Å². The maximum absolute atomic E-state index is 11.7. The van der Waals surface area contributed by atoms with E-state index < -0.39 is 5.97 Å². The van der Waals surface area contributed by atoms with Gasteiger partial charge in [-0.1, -0.05) is 11.6 Å². The lowest BCUT2D eigenvalue weighted by Crippen LogP contribution is -2.45. The molecule has 3 N–H and O–H groups in total. The molecule has 0 aromatic carbocycles. The summed E-state index contributed by atoms with van der Waals surface area (Å²) in [7, 11) is 0. The van der Waals surface area contributed by atoms with Crippen LogP contribution in [0, 0.1) is 5.92 Å². The quantitative estimate of drug-likeness (QED) is 0.726. The zero-order valence-electron chi connectivity index (χ0n) is 11.0. The molecule has 0 aliphatic heterocycles. The van der Waals surface area contributed by atoms with Gasteiger partial charge in [-0.25, -0.2) is 4.79 Å². The van der Waals surface area contributed by atoms with Crippen molar-refractivity contribution in [3.8, 4) is 0 Å². The summed E-state index contributed by atoms with van der Waals surface area (Å²) in [6, 6.07) is -0.367. The number of nitrogens with zero attached hydrogens (tertiary/aromatic N) is 2. The molecule has 2 amide bonds. The summed E-state index contributed by atoms with van der Waals surface area (Å²) in [6.45, 7) is 0.392. The number of carboxylic acids is 1. The van der Waals surface area contributed by atoms with E-state index >= 15 is 0 Å². The number of amides is 2. The molecule has 1 aliphatic rings. The molecule has 1 aromatic heterocycles. The van der Waals surface area contributed by atoms with Gasteiger partial charge in [-0.15, -0.1) is 0 Å². The molecular weight excluding hydrogens is 264 g/mol. The second kappa shape index (κ2) is 6.88. The van der Waals surface area contributed by atoms with Gasteiger partial charge in [0.15, 0.2) is 6.33 Å². The molecule has 20 heavy (non-hydrogen) atoms. The fraction of sp³-hybridized carbons (Fsp3) is 0.667. The van der Waals surface area contributed by atoms with Crippen molar-refractivity contribution in [3.63, 3.8) is 0 Å². The van der Waals surface area contributed by atoms with Gasteiger partial charge in [0, 0.05) is 19.0 Å². The zero-order chi connectivity index (χ0) is 14.4. The molecule has 2 unspecified atom stereocenters. The van der Waals surface area contributed by atoms with Crippen molar-refractivity contribution < 1.29 is 19.2 Å². The summed E-state index contributed by atoms with van der Waals surface area (Å²) in [5.74, 6) is -0.672. The average molecular weight is 282 g/mol. The summed E-state index contributed by atoms with van der Waals surface area (Å²) in [5.41, 5.74) is 0. The highest BCUT2D eigenvalue weighted by atomic mass is 16.5. The standard InChI is InChI=1S/C12H18N4O4/c17-11(18)8-2-1-3-9(6-8)16-12(19)13-5-4-10-14-7-15-20-10/h7-9H,1-6H2,(H,17,18)(H2,13,16,19). The van der Waals surface area contributed by atoms with Crippen LogP contribution in [0.25, 0.3) is 0 Å². The van der Waals surface area contributed by atoms with E-state index in [0.717, 1.165) is 12.8 Å². The predicted octanol–water partition coefficient (Wildman–Crippen LogP) is 0.555. The highest BCUT2D eigenvalue weighted by molar-refractivity contribution is 5.74. The van der Waals surface area contributed by atoms with E-state index in [4.69, 9.17) is 9.63 Å². The Morgan fingerprint density at radius 1 is 1.45 bits per heavy atom. The summed E-state index contributed by atoms with van der Waals surface area (Å²) in [5, 5.41) is 17.9. The normalized spacial score (nSPS) is 22.2. The molecule has 1 saturated carbocycles. The number of urea groups is 1. The number of aromatic nitrogens is 2. The second-order valence-electron chi connectivity index (χ2n) is 4.88. The van der Waals surface area contributed by atoms with Crippen LogP contribution in [0.1, 0.15) is 31.6 Å².